The predicted octanol–water partition coefficient (Wildman–Crippen LogP) is -0.465. The van der Waals surface area contributed by atoms with Gasteiger partial charge in [0.15, 0.2) is 0 Å². The average Bonchev–Trinajstić information content (AvgIpc) is 2.38. The third-order valence-electron chi connectivity index (χ3n) is 2.12. The summed E-state index contributed by atoms with van der Waals surface area (Å²) in [6, 6.07) is 4.97. The van der Waals surface area contributed by atoms with Gasteiger partial charge in [0.25, 0.3) is 5.91 Å². The fourth-order valence-corrected chi connectivity index (χ4v) is 1.31. The molecule has 0 bridgehead atoms. The number of carboxylic acids is 1. The molecule has 0 aliphatic rings. The number of urea groups is 1. The van der Waals surface area contributed by atoms with Gasteiger partial charge in [0.1, 0.15) is 13.2 Å². The number of ether oxygens (including phenoxy) is 1. The van der Waals surface area contributed by atoms with Crippen molar-refractivity contribution >= 4 is 29.5 Å². The summed E-state index contributed by atoms with van der Waals surface area (Å²) in [7, 11) is 0. The van der Waals surface area contributed by atoms with E-state index in [9.17, 15) is 19.2 Å². The summed E-state index contributed by atoms with van der Waals surface area (Å²) in [6.45, 7) is -1.21. The molecule has 21 heavy (non-hydrogen) atoms. The largest absolute Gasteiger partial charge is 0.480 e. The summed E-state index contributed by atoms with van der Waals surface area (Å²) in [5.74, 6) is -2.69. The summed E-state index contributed by atoms with van der Waals surface area (Å²) < 4.78 is 4.51. The molecular formula is C12H13N3O6. The Morgan fingerprint density at radius 3 is 2.52 bits per heavy atom. The zero-order valence-electron chi connectivity index (χ0n) is 10.8. The van der Waals surface area contributed by atoms with E-state index in [2.05, 4.69) is 10.1 Å². The predicted molar refractivity (Wildman–Crippen MR) is 70.6 cm³/mol. The number of hydrogen-bond acceptors (Lipinski definition) is 5. The Labute approximate surface area is 119 Å². The summed E-state index contributed by atoms with van der Waals surface area (Å²) >= 11 is 0. The van der Waals surface area contributed by atoms with Gasteiger partial charge in [0, 0.05) is 11.3 Å². The number of carboxylic acid groups (broad SMARTS) is 1. The second-order valence-corrected chi connectivity index (χ2v) is 3.83. The molecule has 0 atom stereocenters. The van der Waals surface area contributed by atoms with Gasteiger partial charge in [-0.1, -0.05) is 6.07 Å². The number of rotatable bonds is 6. The van der Waals surface area contributed by atoms with Crippen molar-refractivity contribution in [2.75, 3.05) is 18.5 Å². The van der Waals surface area contributed by atoms with Crippen molar-refractivity contribution in [1.29, 1.82) is 0 Å². The molecule has 9 nitrogen and oxygen atoms in total. The minimum atomic E-state index is -1.23. The maximum Gasteiger partial charge on any atom is 0.329 e. The standard InChI is InChI=1S/C12H13N3O6/c13-11(19)7-2-1-3-8(4-7)14-12(20)15-9(16)5-21-6-10(17)18/h1-4H,5-6H2,(H2,13,19)(H,17,18)(H2,14,15,16,20). The van der Waals surface area contributed by atoms with Crippen LogP contribution in [0.3, 0.4) is 0 Å². The molecule has 1 rings (SSSR count). The average molecular weight is 295 g/mol. The molecule has 0 saturated heterocycles. The van der Waals surface area contributed by atoms with Gasteiger partial charge >= 0.3 is 12.0 Å². The number of carbonyl (C=O) groups is 4. The SMILES string of the molecule is NC(=O)c1cccc(NC(=O)NC(=O)COCC(=O)O)c1. The van der Waals surface area contributed by atoms with E-state index >= 15 is 0 Å². The van der Waals surface area contributed by atoms with Gasteiger partial charge in [-0.25, -0.2) is 9.59 Å². The van der Waals surface area contributed by atoms with Gasteiger partial charge in [-0.3, -0.25) is 14.9 Å². The van der Waals surface area contributed by atoms with Crippen LogP contribution in [0.4, 0.5) is 10.5 Å². The van der Waals surface area contributed by atoms with Crippen LogP contribution in [-0.4, -0.2) is 42.1 Å². The summed E-state index contributed by atoms with van der Waals surface area (Å²) in [4.78, 5) is 43.8. The topological polar surface area (TPSA) is 148 Å². The van der Waals surface area contributed by atoms with Crippen LogP contribution >= 0.6 is 0 Å². The minimum absolute atomic E-state index is 0.198. The van der Waals surface area contributed by atoms with E-state index in [0.29, 0.717) is 0 Å². The fourth-order valence-electron chi connectivity index (χ4n) is 1.31. The van der Waals surface area contributed by atoms with Crippen LogP contribution in [0, 0.1) is 0 Å². The van der Waals surface area contributed by atoms with Gasteiger partial charge in [-0.05, 0) is 18.2 Å². The molecule has 1 aromatic carbocycles. The van der Waals surface area contributed by atoms with E-state index < -0.39 is 37.0 Å². The van der Waals surface area contributed by atoms with Crippen LogP contribution in [0.5, 0.6) is 0 Å². The summed E-state index contributed by atoms with van der Waals surface area (Å²) in [6.07, 6.45) is 0. The molecule has 112 valence electrons. The third kappa shape index (κ3) is 6.16. The smallest absolute Gasteiger partial charge is 0.329 e. The number of benzene rings is 1. The Hall–Kier alpha value is -2.94. The van der Waals surface area contributed by atoms with E-state index in [-0.39, 0.29) is 11.3 Å². The highest BCUT2D eigenvalue weighted by Crippen LogP contribution is 2.09. The number of carbonyl (C=O) groups excluding carboxylic acids is 3. The van der Waals surface area contributed by atoms with Gasteiger partial charge < -0.3 is 20.9 Å². The van der Waals surface area contributed by atoms with Gasteiger partial charge in [0.2, 0.25) is 5.91 Å². The molecule has 0 heterocycles. The number of aliphatic carboxylic acids is 1. The molecule has 0 spiro atoms. The lowest BCUT2D eigenvalue weighted by Crippen LogP contribution is -2.37. The number of anilines is 1. The Balaban J connectivity index is 2.46. The lowest BCUT2D eigenvalue weighted by molar-refractivity contribution is -0.143. The first-order valence-corrected chi connectivity index (χ1v) is 5.68. The second-order valence-electron chi connectivity index (χ2n) is 3.83. The van der Waals surface area contributed by atoms with Crippen LogP contribution in [0.15, 0.2) is 24.3 Å². The highest BCUT2D eigenvalue weighted by molar-refractivity contribution is 6.02. The molecule has 0 fully saturated rings. The molecule has 1 aromatic rings. The van der Waals surface area contributed by atoms with Crippen molar-refractivity contribution in [1.82, 2.24) is 5.32 Å². The molecule has 0 saturated carbocycles. The van der Waals surface area contributed by atoms with Crippen molar-refractivity contribution in [2.45, 2.75) is 0 Å². The van der Waals surface area contributed by atoms with Crippen LogP contribution in [0.25, 0.3) is 0 Å². The van der Waals surface area contributed by atoms with Gasteiger partial charge in [-0.2, -0.15) is 0 Å². The first-order valence-electron chi connectivity index (χ1n) is 5.68. The summed E-state index contributed by atoms with van der Waals surface area (Å²) in [5.41, 5.74) is 5.55. The quantitative estimate of drug-likeness (QED) is 0.558. The Kier molecular flexibility index (Phi) is 5.83. The number of nitrogens with one attached hydrogen (secondary N) is 2. The first-order chi connectivity index (χ1) is 9.88. The maximum atomic E-state index is 11.5. The molecular weight excluding hydrogens is 282 g/mol. The van der Waals surface area contributed by atoms with Crippen molar-refractivity contribution < 1.29 is 29.0 Å². The van der Waals surface area contributed by atoms with Gasteiger partial charge in [0.05, 0.1) is 0 Å². The molecule has 5 N–H and O–H groups in total. The van der Waals surface area contributed by atoms with E-state index in [4.69, 9.17) is 10.8 Å². The zero-order valence-corrected chi connectivity index (χ0v) is 10.8. The Morgan fingerprint density at radius 2 is 1.90 bits per heavy atom. The van der Waals surface area contributed by atoms with Crippen molar-refractivity contribution in [3.8, 4) is 0 Å². The highest BCUT2D eigenvalue weighted by atomic mass is 16.5. The normalized spacial score (nSPS) is 9.71. The number of nitrogens with two attached hydrogens (primary N) is 1. The van der Waals surface area contributed by atoms with E-state index in [1.807, 2.05) is 5.32 Å². The van der Waals surface area contributed by atoms with E-state index in [1.54, 1.807) is 0 Å². The number of hydrogen-bond donors (Lipinski definition) is 4. The maximum absolute atomic E-state index is 11.5. The number of primary amides is 1. The van der Waals surface area contributed by atoms with Crippen LogP contribution in [0.1, 0.15) is 10.4 Å². The first kappa shape index (κ1) is 16.1. The molecule has 0 unspecified atom stereocenters. The molecule has 0 radical (unpaired) electrons. The van der Waals surface area contributed by atoms with Crippen molar-refractivity contribution in [3.63, 3.8) is 0 Å². The van der Waals surface area contributed by atoms with Crippen molar-refractivity contribution in [2.24, 2.45) is 5.73 Å². The van der Waals surface area contributed by atoms with E-state index in [0.717, 1.165) is 0 Å². The Bertz CT molecular complexity index is 572. The van der Waals surface area contributed by atoms with E-state index in [1.165, 1.54) is 24.3 Å². The van der Waals surface area contributed by atoms with Crippen molar-refractivity contribution in [3.05, 3.63) is 29.8 Å². The molecule has 4 amide bonds. The van der Waals surface area contributed by atoms with Crippen LogP contribution in [-0.2, 0) is 14.3 Å². The monoisotopic (exact) mass is 295 g/mol. The molecule has 0 aliphatic carbocycles. The molecule has 0 aliphatic heterocycles. The highest BCUT2D eigenvalue weighted by Gasteiger charge is 2.10. The number of amides is 4. The second kappa shape index (κ2) is 7.60. The van der Waals surface area contributed by atoms with Gasteiger partial charge in [-0.15, -0.1) is 0 Å². The van der Waals surface area contributed by atoms with Crippen LogP contribution in [0.2, 0.25) is 0 Å². The fraction of sp³-hybridized carbons (Fsp3) is 0.167. The molecule has 9 heteroatoms. The summed E-state index contributed by atoms with van der Waals surface area (Å²) in [5, 5.41) is 12.5. The van der Waals surface area contributed by atoms with Crippen LogP contribution < -0.4 is 16.4 Å². The lowest BCUT2D eigenvalue weighted by Gasteiger charge is -2.07. The number of imide groups is 1. The third-order valence-corrected chi connectivity index (χ3v) is 2.12. The lowest BCUT2D eigenvalue weighted by atomic mass is 10.2. The molecule has 0 aromatic heterocycles. The Morgan fingerprint density at radius 1 is 1.19 bits per heavy atom. The zero-order chi connectivity index (χ0) is 15.8. The minimum Gasteiger partial charge on any atom is -0.480 e.